The van der Waals surface area contributed by atoms with E-state index in [1.54, 1.807) is 7.11 Å². The van der Waals surface area contributed by atoms with E-state index in [4.69, 9.17) is 4.74 Å². The van der Waals surface area contributed by atoms with E-state index >= 15 is 0 Å². The third kappa shape index (κ3) is 4.49. The van der Waals surface area contributed by atoms with E-state index in [2.05, 4.69) is 15.5 Å². The van der Waals surface area contributed by atoms with Crippen molar-refractivity contribution in [1.82, 2.24) is 10.2 Å². The number of ether oxygens (including phenoxy) is 1. The van der Waals surface area contributed by atoms with E-state index in [1.165, 1.54) is 17.7 Å². The Morgan fingerprint density at radius 1 is 1.09 bits per heavy atom. The van der Waals surface area contributed by atoms with Crippen LogP contribution in [-0.4, -0.2) is 35.7 Å². The zero-order valence-electron chi connectivity index (χ0n) is 18.8. The van der Waals surface area contributed by atoms with E-state index in [0.29, 0.717) is 18.7 Å². The van der Waals surface area contributed by atoms with Gasteiger partial charge in [0, 0.05) is 23.6 Å². The predicted molar refractivity (Wildman–Crippen MR) is 127 cm³/mol. The molecule has 0 saturated heterocycles. The summed E-state index contributed by atoms with van der Waals surface area (Å²) in [4.78, 5) is 27.6. The van der Waals surface area contributed by atoms with Gasteiger partial charge in [0.1, 0.15) is 5.75 Å². The molecular formula is C26H28N4O3. The first-order chi connectivity index (χ1) is 16.1. The second-order valence-corrected chi connectivity index (χ2v) is 8.73. The van der Waals surface area contributed by atoms with E-state index in [9.17, 15) is 9.59 Å². The zero-order chi connectivity index (χ0) is 22.8. The molecule has 0 spiro atoms. The van der Waals surface area contributed by atoms with Crippen LogP contribution in [-0.2, 0) is 41.7 Å². The molecule has 0 atom stereocenters. The Labute approximate surface area is 193 Å². The van der Waals surface area contributed by atoms with Crippen LogP contribution in [0.2, 0.25) is 0 Å². The Morgan fingerprint density at radius 3 is 2.85 bits per heavy atom. The molecule has 0 bridgehead atoms. The number of anilines is 2. The number of hydrogen-bond acceptors (Lipinski definition) is 4. The van der Waals surface area contributed by atoms with Gasteiger partial charge >= 0.3 is 0 Å². The summed E-state index contributed by atoms with van der Waals surface area (Å²) in [5.74, 6) is 0.681. The first kappa shape index (κ1) is 21.2. The Bertz CT molecular complexity index is 1200. The lowest BCUT2D eigenvalue weighted by molar-refractivity contribution is -0.118. The number of fused-ring (bicyclic) bond motifs is 2. The predicted octanol–water partition coefficient (Wildman–Crippen LogP) is 3.61. The number of aromatic amines is 1. The molecule has 170 valence electrons. The van der Waals surface area contributed by atoms with Crippen LogP contribution in [0, 0.1) is 0 Å². The number of nitrogens with one attached hydrogen (secondary N) is 2. The van der Waals surface area contributed by atoms with Gasteiger partial charge in [0.25, 0.3) is 0 Å². The number of H-pyrrole nitrogens is 1. The van der Waals surface area contributed by atoms with E-state index in [1.807, 2.05) is 47.4 Å². The number of aryl methyl sites for hydroxylation is 1. The Balaban J connectivity index is 1.27. The summed E-state index contributed by atoms with van der Waals surface area (Å²) in [6.07, 6.45) is 5.67. The number of amides is 2. The van der Waals surface area contributed by atoms with Crippen LogP contribution < -0.4 is 15.0 Å². The van der Waals surface area contributed by atoms with Gasteiger partial charge in [-0.1, -0.05) is 18.2 Å². The third-order valence-corrected chi connectivity index (χ3v) is 6.53. The summed E-state index contributed by atoms with van der Waals surface area (Å²) in [7, 11) is 1.62. The number of carbonyl (C=O) groups excluding carboxylic acids is 2. The molecule has 2 aliphatic rings. The van der Waals surface area contributed by atoms with Crippen molar-refractivity contribution < 1.29 is 14.3 Å². The normalized spacial score (nSPS) is 14.5. The summed E-state index contributed by atoms with van der Waals surface area (Å²) in [6.45, 7) is 0.648. The summed E-state index contributed by atoms with van der Waals surface area (Å²) < 4.78 is 5.27. The number of rotatable bonds is 6. The SMILES string of the molecule is COc1cccc(CC(=O)N2CCc3ccc(NC(=O)Cc4n[nH]c5c4CCCC5)cc32)c1. The average molecular weight is 445 g/mol. The molecule has 0 fully saturated rings. The molecule has 1 aliphatic carbocycles. The minimum absolute atomic E-state index is 0.0358. The molecule has 1 aliphatic heterocycles. The van der Waals surface area contributed by atoms with Gasteiger partial charge in [0.2, 0.25) is 11.8 Å². The Hall–Kier alpha value is -3.61. The van der Waals surface area contributed by atoms with Gasteiger partial charge in [-0.2, -0.15) is 5.10 Å². The maximum absolute atomic E-state index is 13.0. The average Bonchev–Trinajstić information content (AvgIpc) is 3.43. The van der Waals surface area contributed by atoms with Crippen LogP contribution in [0.15, 0.2) is 42.5 Å². The van der Waals surface area contributed by atoms with Gasteiger partial charge in [0.05, 0.1) is 25.6 Å². The summed E-state index contributed by atoms with van der Waals surface area (Å²) >= 11 is 0. The lowest BCUT2D eigenvalue weighted by Gasteiger charge is -2.18. The largest absolute Gasteiger partial charge is 0.497 e. The first-order valence-corrected chi connectivity index (χ1v) is 11.5. The van der Waals surface area contributed by atoms with Crippen molar-refractivity contribution in [3.05, 3.63) is 70.5 Å². The standard InChI is InChI=1S/C26H28N4O3/c1-33-20-6-4-5-17(13-20)14-26(32)30-12-11-18-9-10-19(15-24(18)30)27-25(31)16-23-21-7-2-3-8-22(21)28-29-23/h4-6,9-10,13,15H,2-3,7-8,11-12,14,16H2,1H3,(H,27,31)(H,28,29). The van der Waals surface area contributed by atoms with Gasteiger partial charge in [-0.3, -0.25) is 14.7 Å². The molecule has 2 aromatic carbocycles. The number of nitrogens with zero attached hydrogens (tertiary/aromatic N) is 2. The van der Waals surface area contributed by atoms with Crippen LogP contribution >= 0.6 is 0 Å². The monoisotopic (exact) mass is 444 g/mol. The number of hydrogen-bond donors (Lipinski definition) is 2. The number of methoxy groups -OCH3 is 1. The number of benzene rings is 2. The fourth-order valence-electron chi connectivity index (χ4n) is 4.82. The van der Waals surface area contributed by atoms with Crippen LogP contribution in [0.25, 0.3) is 0 Å². The van der Waals surface area contributed by atoms with Gasteiger partial charge in [0.15, 0.2) is 0 Å². The maximum Gasteiger partial charge on any atom is 0.231 e. The lowest BCUT2D eigenvalue weighted by atomic mass is 9.95. The lowest BCUT2D eigenvalue weighted by Crippen LogP contribution is -2.30. The molecular weight excluding hydrogens is 416 g/mol. The number of aromatic nitrogens is 2. The molecule has 33 heavy (non-hydrogen) atoms. The zero-order valence-corrected chi connectivity index (χ0v) is 18.8. The molecule has 0 saturated carbocycles. The van der Waals surface area contributed by atoms with Gasteiger partial charge < -0.3 is 15.0 Å². The van der Waals surface area contributed by atoms with Crippen molar-refractivity contribution in [3.8, 4) is 5.75 Å². The minimum atomic E-state index is -0.0953. The van der Waals surface area contributed by atoms with Crippen LogP contribution in [0.5, 0.6) is 5.75 Å². The molecule has 7 nitrogen and oxygen atoms in total. The highest BCUT2D eigenvalue weighted by molar-refractivity contribution is 5.98. The van der Waals surface area contributed by atoms with Crippen LogP contribution in [0.3, 0.4) is 0 Å². The second kappa shape index (κ2) is 9.10. The van der Waals surface area contributed by atoms with Crippen molar-refractivity contribution >= 4 is 23.2 Å². The third-order valence-electron chi connectivity index (χ3n) is 6.53. The van der Waals surface area contributed by atoms with Crippen LogP contribution in [0.1, 0.15) is 40.9 Å². The topological polar surface area (TPSA) is 87.3 Å². The van der Waals surface area contributed by atoms with Crippen LogP contribution in [0.4, 0.5) is 11.4 Å². The number of carbonyl (C=O) groups is 2. The summed E-state index contributed by atoms with van der Waals surface area (Å²) in [5.41, 5.74) is 6.83. The highest BCUT2D eigenvalue weighted by Crippen LogP contribution is 2.32. The highest BCUT2D eigenvalue weighted by atomic mass is 16.5. The second-order valence-electron chi connectivity index (χ2n) is 8.73. The Kier molecular flexibility index (Phi) is 5.86. The van der Waals surface area contributed by atoms with Crippen molar-refractivity contribution in [2.45, 2.75) is 44.9 Å². The van der Waals surface area contributed by atoms with Gasteiger partial charge in [-0.25, -0.2) is 0 Å². The van der Waals surface area contributed by atoms with Crippen molar-refractivity contribution in [2.75, 3.05) is 23.9 Å². The minimum Gasteiger partial charge on any atom is -0.497 e. The van der Waals surface area contributed by atoms with Crippen molar-refractivity contribution in [3.63, 3.8) is 0 Å². The molecule has 0 radical (unpaired) electrons. The van der Waals surface area contributed by atoms with E-state index in [0.717, 1.165) is 53.9 Å². The van der Waals surface area contributed by atoms with Gasteiger partial charge in [-0.15, -0.1) is 0 Å². The van der Waals surface area contributed by atoms with Gasteiger partial charge in [-0.05, 0) is 73.1 Å². The summed E-state index contributed by atoms with van der Waals surface area (Å²) in [6, 6.07) is 13.4. The molecule has 2 heterocycles. The first-order valence-electron chi connectivity index (χ1n) is 11.5. The fraction of sp³-hybridized carbons (Fsp3) is 0.346. The molecule has 2 N–H and O–H groups in total. The molecule has 0 unspecified atom stereocenters. The van der Waals surface area contributed by atoms with Crippen molar-refractivity contribution in [1.29, 1.82) is 0 Å². The Morgan fingerprint density at radius 2 is 1.97 bits per heavy atom. The highest BCUT2D eigenvalue weighted by Gasteiger charge is 2.25. The molecule has 3 aromatic rings. The van der Waals surface area contributed by atoms with E-state index < -0.39 is 0 Å². The molecule has 7 heteroatoms. The van der Waals surface area contributed by atoms with Crippen molar-refractivity contribution in [2.24, 2.45) is 0 Å². The quantitative estimate of drug-likeness (QED) is 0.608. The fourth-order valence-corrected chi connectivity index (χ4v) is 4.82. The molecule has 2 amide bonds. The molecule has 5 rings (SSSR count). The van der Waals surface area contributed by atoms with E-state index in [-0.39, 0.29) is 18.2 Å². The molecule has 1 aromatic heterocycles. The smallest absolute Gasteiger partial charge is 0.231 e. The maximum atomic E-state index is 13.0. The summed E-state index contributed by atoms with van der Waals surface area (Å²) in [5, 5.41) is 10.5.